The van der Waals surface area contributed by atoms with Crippen LogP contribution in [0.1, 0.15) is 10.4 Å². The minimum atomic E-state index is -0.477. The highest BCUT2D eigenvalue weighted by Crippen LogP contribution is 2.26. The number of fused-ring (bicyclic) bond motifs is 1. The van der Waals surface area contributed by atoms with Crippen LogP contribution >= 0.6 is 0 Å². The minimum Gasteiger partial charge on any atom is -0.465 e. The Kier molecular flexibility index (Phi) is 5.17. The molecular weight excluding hydrogens is 385 g/mol. The van der Waals surface area contributed by atoms with Gasteiger partial charge in [-0.2, -0.15) is 0 Å². The Bertz CT molecular complexity index is 1230. The van der Waals surface area contributed by atoms with E-state index in [1.165, 1.54) is 25.3 Å². The van der Waals surface area contributed by atoms with Crippen LogP contribution in [-0.2, 0) is 4.74 Å². The van der Waals surface area contributed by atoms with Crippen LogP contribution in [0.25, 0.3) is 22.2 Å². The van der Waals surface area contributed by atoms with Gasteiger partial charge in [-0.15, -0.1) is 0 Å². The largest absolute Gasteiger partial charge is 0.465 e. The van der Waals surface area contributed by atoms with Gasteiger partial charge in [0, 0.05) is 28.0 Å². The van der Waals surface area contributed by atoms with Crippen molar-refractivity contribution in [2.45, 2.75) is 0 Å². The highest BCUT2D eigenvalue weighted by molar-refractivity contribution is 6.01. The van der Waals surface area contributed by atoms with E-state index in [-0.39, 0.29) is 5.82 Å². The third kappa shape index (κ3) is 4.15. The summed E-state index contributed by atoms with van der Waals surface area (Å²) < 4.78 is 18.1. The number of aromatic amines is 1. The van der Waals surface area contributed by atoms with Crippen molar-refractivity contribution in [2.24, 2.45) is 0 Å². The van der Waals surface area contributed by atoms with E-state index < -0.39 is 12.0 Å². The number of urea groups is 1. The molecule has 30 heavy (non-hydrogen) atoms. The second-order valence-corrected chi connectivity index (χ2v) is 6.64. The Balaban J connectivity index is 1.44. The third-order valence-corrected chi connectivity index (χ3v) is 4.58. The van der Waals surface area contributed by atoms with Crippen LogP contribution in [-0.4, -0.2) is 24.1 Å². The molecule has 0 bridgehead atoms. The van der Waals surface area contributed by atoms with Crippen molar-refractivity contribution in [3.05, 3.63) is 84.2 Å². The third-order valence-electron chi connectivity index (χ3n) is 4.58. The fraction of sp³-hybridized carbons (Fsp3) is 0.0435. The molecule has 6 nitrogen and oxygen atoms in total. The summed E-state index contributed by atoms with van der Waals surface area (Å²) in [4.78, 5) is 27.1. The van der Waals surface area contributed by atoms with E-state index >= 15 is 0 Å². The van der Waals surface area contributed by atoms with Crippen molar-refractivity contribution in [3.63, 3.8) is 0 Å². The van der Waals surface area contributed by atoms with Crippen molar-refractivity contribution in [2.75, 3.05) is 17.7 Å². The van der Waals surface area contributed by atoms with Crippen molar-refractivity contribution in [1.82, 2.24) is 4.98 Å². The first kappa shape index (κ1) is 19.2. The smallest absolute Gasteiger partial charge is 0.337 e. The van der Waals surface area contributed by atoms with Gasteiger partial charge in [0.25, 0.3) is 0 Å². The van der Waals surface area contributed by atoms with Gasteiger partial charge in [0.2, 0.25) is 0 Å². The number of methoxy groups -OCH3 is 1. The Morgan fingerprint density at radius 3 is 2.43 bits per heavy atom. The van der Waals surface area contributed by atoms with E-state index in [4.69, 9.17) is 0 Å². The van der Waals surface area contributed by atoms with Gasteiger partial charge in [-0.1, -0.05) is 18.2 Å². The molecule has 0 saturated heterocycles. The zero-order valence-corrected chi connectivity index (χ0v) is 16.0. The molecule has 0 fully saturated rings. The summed E-state index contributed by atoms with van der Waals surface area (Å²) in [5.74, 6) is -0.759. The number of benzene rings is 3. The molecular formula is C23H18FN3O3. The molecule has 0 unspecified atom stereocenters. The lowest BCUT2D eigenvalue weighted by atomic mass is 10.1. The zero-order chi connectivity index (χ0) is 21.1. The first-order chi connectivity index (χ1) is 14.5. The number of ether oxygens (including phenoxy) is 1. The van der Waals surface area contributed by atoms with Crippen LogP contribution in [0.2, 0.25) is 0 Å². The number of H-pyrrole nitrogens is 1. The molecule has 0 aliphatic carbocycles. The van der Waals surface area contributed by atoms with Gasteiger partial charge in [-0.3, -0.25) is 0 Å². The first-order valence-corrected chi connectivity index (χ1v) is 9.17. The fourth-order valence-electron chi connectivity index (χ4n) is 3.13. The van der Waals surface area contributed by atoms with Gasteiger partial charge >= 0.3 is 12.0 Å². The number of amides is 2. The van der Waals surface area contributed by atoms with Crippen LogP contribution in [0, 0.1) is 5.82 Å². The standard InChI is InChI=1S/C23H18FN3O3/c1-30-22(28)15-3-2-4-19(12-15)26-23(29)25-18-8-5-14(6-9-18)21-13-16-11-17(24)7-10-20(16)27-21/h2-13,27H,1H3,(H2,25,26,29). The van der Waals surface area contributed by atoms with E-state index in [0.717, 1.165) is 22.2 Å². The van der Waals surface area contributed by atoms with E-state index in [9.17, 15) is 14.0 Å². The average molecular weight is 403 g/mol. The van der Waals surface area contributed by atoms with Crippen molar-refractivity contribution < 1.29 is 18.7 Å². The van der Waals surface area contributed by atoms with Gasteiger partial charge in [-0.25, -0.2) is 14.0 Å². The molecule has 4 aromatic rings. The van der Waals surface area contributed by atoms with Crippen molar-refractivity contribution in [1.29, 1.82) is 0 Å². The van der Waals surface area contributed by atoms with Gasteiger partial charge < -0.3 is 20.4 Å². The summed E-state index contributed by atoms with van der Waals surface area (Å²) in [6, 6.07) is 19.7. The first-order valence-electron chi connectivity index (χ1n) is 9.17. The lowest BCUT2D eigenvalue weighted by Gasteiger charge is -2.09. The van der Waals surface area contributed by atoms with Crippen LogP contribution in [0.5, 0.6) is 0 Å². The number of carbonyl (C=O) groups excluding carboxylic acids is 2. The summed E-state index contributed by atoms with van der Waals surface area (Å²) in [7, 11) is 1.30. The van der Waals surface area contributed by atoms with Gasteiger partial charge in [0.15, 0.2) is 0 Å². The number of esters is 1. The van der Waals surface area contributed by atoms with Crippen molar-refractivity contribution in [3.8, 4) is 11.3 Å². The minimum absolute atomic E-state index is 0.282. The molecule has 0 spiro atoms. The van der Waals surface area contributed by atoms with E-state index in [2.05, 4.69) is 20.4 Å². The molecule has 150 valence electrons. The zero-order valence-electron chi connectivity index (χ0n) is 16.0. The molecule has 0 saturated carbocycles. The molecule has 1 heterocycles. The molecule has 1 aromatic heterocycles. The number of anilines is 2. The summed E-state index contributed by atoms with van der Waals surface area (Å²) in [5, 5.41) is 6.21. The number of hydrogen-bond donors (Lipinski definition) is 3. The number of aromatic nitrogens is 1. The van der Waals surface area contributed by atoms with E-state index in [1.807, 2.05) is 18.2 Å². The Labute approximate surface area is 171 Å². The number of carbonyl (C=O) groups is 2. The second kappa shape index (κ2) is 8.08. The maximum atomic E-state index is 13.4. The lowest BCUT2D eigenvalue weighted by molar-refractivity contribution is 0.0600. The predicted octanol–water partition coefficient (Wildman–Crippen LogP) is 5.40. The maximum absolute atomic E-state index is 13.4. The molecule has 0 atom stereocenters. The Morgan fingerprint density at radius 2 is 1.67 bits per heavy atom. The predicted molar refractivity (Wildman–Crippen MR) is 114 cm³/mol. The summed E-state index contributed by atoms with van der Waals surface area (Å²) >= 11 is 0. The van der Waals surface area contributed by atoms with Crippen LogP contribution in [0.4, 0.5) is 20.6 Å². The fourth-order valence-corrected chi connectivity index (χ4v) is 3.13. The monoisotopic (exact) mass is 403 g/mol. The van der Waals surface area contributed by atoms with E-state index in [0.29, 0.717) is 16.9 Å². The Hall–Kier alpha value is -4.13. The molecule has 0 aliphatic rings. The number of halogens is 1. The Morgan fingerprint density at radius 1 is 0.900 bits per heavy atom. The molecule has 4 rings (SSSR count). The highest BCUT2D eigenvalue weighted by Gasteiger charge is 2.09. The normalized spacial score (nSPS) is 10.6. The maximum Gasteiger partial charge on any atom is 0.337 e. The summed E-state index contributed by atoms with van der Waals surface area (Å²) in [5.41, 5.74) is 4.02. The number of hydrogen-bond acceptors (Lipinski definition) is 3. The molecule has 0 aliphatic heterocycles. The summed E-state index contributed by atoms with van der Waals surface area (Å²) in [6.07, 6.45) is 0. The van der Waals surface area contributed by atoms with Crippen LogP contribution in [0.15, 0.2) is 72.8 Å². The van der Waals surface area contributed by atoms with Gasteiger partial charge in [-0.05, 0) is 60.2 Å². The molecule has 2 amide bonds. The second-order valence-electron chi connectivity index (χ2n) is 6.64. The lowest BCUT2D eigenvalue weighted by Crippen LogP contribution is -2.19. The molecule has 0 radical (unpaired) electrons. The van der Waals surface area contributed by atoms with Crippen molar-refractivity contribution >= 4 is 34.3 Å². The van der Waals surface area contributed by atoms with Crippen LogP contribution in [0.3, 0.4) is 0 Å². The topological polar surface area (TPSA) is 83.2 Å². The van der Waals surface area contributed by atoms with E-state index in [1.54, 1.807) is 36.4 Å². The average Bonchev–Trinajstić information content (AvgIpc) is 3.17. The number of rotatable bonds is 4. The van der Waals surface area contributed by atoms with Gasteiger partial charge in [0.05, 0.1) is 12.7 Å². The summed E-state index contributed by atoms with van der Waals surface area (Å²) in [6.45, 7) is 0. The molecule has 7 heteroatoms. The van der Waals surface area contributed by atoms with Crippen LogP contribution < -0.4 is 10.6 Å². The molecule has 3 N–H and O–H groups in total. The van der Waals surface area contributed by atoms with Gasteiger partial charge in [0.1, 0.15) is 5.82 Å². The quantitative estimate of drug-likeness (QED) is 0.399. The SMILES string of the molecule is COC(=O)c1cccc(NC(=O)Nc2ccc(-c3cc4cc(F)ccc4[nH]3)cc2)c1. The highest BCUT2D eigenvalue weighted by atomic mass is 19.1. The molecule has 3 aromatic carbocycles. The number of nitrogens with one attached hydrogen (secondary N) is 3.